The van der Waals surface area contributed by atoms with E-state index in [1.807, 2.05) is 18.2 Å². The van der Waals surface area contributed by atoms with Gasteiger partial charge in [-0.1, -0.05) is 19.9 Å². The number of likely N-dealkylation sites (N-methyl/N-ethyl adjacent to an activating group) is 1. The Morgan fingerprint density at radius 3 is 2.29 bits per heavy atom. The van der Waals surface area contributed by atoms with Crippen LogP contribution in [0.15, 0.2) is 23.2 Å². The highest BCUT2D eigenvalue weighted by atomic mass is 127. The molecular weight excluding hydrogens is 419 g/mol. The lowest BCUT2D eigenvalue weighted by Crippen LogP contribution is -2.41. The first-order valence-corrected chi connectivity index (χ1v) is 8.06. The van der Waals surface area contributed by atoms with Gasteiger partial charge in [-0.2, -0.15) is 0 Å². The van der Waals surface area contributed by atoms with E-state index in [1.165, 1.54) is 0 Å². The van der Waals surface area contributed by atoms with Crippen LogP contribution in [0.2, 0.25) is 0 Å². The van der Waals surface area contributed by atoms with Gasteiger partial charge in [-0.25, -0.2) is 0 Å². The summed E-state index contributed by atoms with van der Waals surface area (Å²) in [6.07, 6.45) is 0. The van der Waals surface area contributed by atoms with E-state index < -0.39 is 0 Å². The fourth-order valence-electron chi connectivity index (χ4n) is 2.27. The first kappa shape index (κ1) is 22.8. The zero-order valence-electron chi connectivity index (χ0n) is 15.4. The number of rotatable bonds is 9. The van der Waals surface area contributed by atoms with Crippen LogP contribution in [-0.4, -0.2) is 58.3 Å². The molecule has 1 rings (SSSR count). The van der Waals surface area contributed by atoms with Gasteiger partial charge in [0.25, 0.3) is 0 Å². The first-order chi connectivity index (χ1) is 11.2. The van der Waals surface area contributed by atoms with Crippen LogP contribution in [0.3, 0.4) is 0 Å². The van der Waals surface area contributed by atoms with Crippen molar-refractivity contribution in [3.8, 4) is 11.5 Å². The molecule has 0 atom stereocenters. The molecule has 0 aromatic heterocycles. The summed E-state index contributed by atoms with van der Waals surface area (Å²) in [5, 5.41) is 6.64. The topological polar surface area (TPSA) is 58.1 Å². The van der Waals surface area contributed by atoms with Crippen molar-refractivity contribution in [2.45, 2.75) is 20.4 Å². The molecule has 0 fully saturated rings. The second kappa shape index (κ2) is 13.1. The number of methoxy groups -OCH3 is 2. The molecule has 0 aliphatic carbocycles. The average molecular weight is 450 g/mol. The molecule has 0 saturated carbocycles. The number of hydrogen-bond donors (Lipinski definition) is 2. The molecule has 6 nitrogen and oxygen atoms in total. The summed E-state index contributed by atoms with van der Waals surface area (Å²) in [5.74, 6) is 2.27. The lowest BCUT2D eigenvalue weighted by atomic mass is 10.2. The van der Waals surface area contributed by atoms with Crippen molar-refractivity contribution in [1.29, 1.82) is 0 Å². The minimum Gasteiger partial charge on any atom is -0.493 e. The van der Waals surface area contributed by atoms with Crippen LogP contribution in [0.4, 0.5) is 0 Å². The number of aliphatic imine (C=N–C) groups is 1. The third-order valence-electron chi connectivity index (χ3n) is 3.75. The Labute approximate surface area is 163 Å². The van der Waals surface area contributed by atoms with E-state index in [0.717, 1.165) is 49.2 Å². The van der Waals surface area contributed by atoms with E-state index in [4.69, 9.17) is 9.47 Å². The second-order valence-electron chi connectivity index (χ2n) is 5.07. The monoisotopic (exact) mass is 450 g/mol. The number of benzene rings is 1. The van der Waals surface area contributed by atoms with Gasteiger partial charge in [0, 0.05) is 26.7 Å². The fourth-order valence-corrected chi connectivity index (χ4v) is 2.27. The van der Waals surface area contributed by atoms with E-state index in [9.17, 15) is 0 Å². The summed E-state index contributed by atoms with van der Waals surface area (Å²) in [7, 11) is 5.06. The van der Waals surface area contributed by atoms with Gasteiger partial charge in [0.05, 0.1) is 14.2 Å². The smallest absolute Gasteiger partial charge is 0.191 e. The summed E-state index contributed by atoms with van der Waals surface area (Å²) in [6.45, 7) is 9.02. The molecule has 2 N–H and O–H groups in total. The number of ether oxygens (including phenoxy) is 2. The van der Waals surface area contributed by atoms with Gasteiger partial charge in [-0.05, 0) is 30.8 Å². The van der Waals surface area contributed by atoms with Gasteiger partial charge in [0.2, 0.25) is 0 Å². The predicted molar refractivity (Wildman–Crippen MR) is 111 cm³/mol. The van der Waals surface area contributed by atoms with Gasteiger partial charge >= 0.3 is 0 Å². The van der Waals surface area contributed by atoms with E-state index >= 15 is 0 Å². The minimum atomic E-state index is 0. The molecule has 0 amide bonds. The summed E-state index contributed by atoms with van der Waals surface area (Å²) >= 11 is 0. The number of nitrogens with one attached hydrogen (secondary N) is 2. The molecule has 0 aliphatic heterocycles. The Bertz CT molecular complexity index is 493. The SMILES string of the molecule is CCN(CC)CCNC(=NC)NCc1ccc(OC)c(OC)c1.I. The molecule has 0 heterocycles. The lowest BCUT2D eigenvalue weighted by Gasteiger charge is -2.19. The molecule has 0 aliphatic rings. The molecule has 1 aromatic rings. The highest BCUT2D eigenvalue weighted by Crippen LogP contribution is 2.27. The van der Waals surface area contributed by atoms with Crippen LogP contribution in [0.5, 0.6) is 11.5 Å². The van der Waals surface area contributed by atoms with E-state index in [2.05, 4.69) is 34.4 Å². The van der Waals surface area contributed by atoms with Crippen LogP contribution in [-0.2, 0) is 6.54 Å². The molecule has 138 valence electrons. The molecule has 24 heavy (non-hydrogen) atoms. The van der Waals surface area contributed by atoms with Gasteiger partial charge in [-0.15, -0.1) is 24.0 Å². The van der Waals surface area contributed by atoms with Crippen LogP contribution in [0.25, 0.3) is 0 Å². The Morgan fingerprint density at radius 2 is 1.75 bits per heavy atom. The minimum absolute atomic E-state index is 0. The van der Waals surface area contributed by atoms with Crippen molar-refractivity contribution in [1.82, 2.24) is 15.5 Å². The summed E-state index contributed by atoms with van der Waals surface area (Å²) in [4.78, 5) is 6.62. The zero-order chi connectivity index (χ0) is 17.1. The maximum absolute atomic E-state index is 5.32. The average Bonchev–Trinajstić information content (AvgIpc) is 2.61. The molecule has 0 saturated heterocycles. The lowest BCUT2D eigenvalue weighted by molar-refractivity contribution is 0.308. The molecule has 7 heteroatoms. The maximum atomic E-state index is 5.32. The van der Waals surface area contributed by atoms with Crippen molar-refractivity contribution in [2.75, 3.05) is 47.4 Å². The Hall–Kier alpha value is -1.22. The van der Waals surface area contributed by atoms with E-state index in [1.54, 1.807) is 21.3 Å². The number of halogens is 1. The third kappa shape index (κ3) is 7.57. The Kier molecular flexibility index (Phi) is 12.4. The van der Waals surface area contributed by atoms with E-state index in [-0.39, 0.29) is 24.0 Å². The summed E-state index contributed by atoms with van der Waals surface area (Å²) < 4.78 is 10.6. The fraction of sp³-hybridized carbons (Fsp3) is 0.588. The van der Waals surface area contributed by atoms with Crippen LogP contribution >= 0.6 is 24.0 Å². The highest BCUT2D eigenvalue weighted by molar-refractivity contribution is 14.0. The Balaban J connectivity index is 0.00000529. The predicted octanol–water partition coefficient (Wildman–Crippen LogP) is 2.33. The summed E-state index contributed by atoms with van der Waals surface area (Å²) in [5.41, 5.74) is 1.11. The van der Waals surface area contributed by atoms with Crippen LogP contribution in [0, 0.1) is 0 Å². The van der Waals surface area contributed by atoms with Crippen molar-refractivity contribution in [3.63, 3.8) is 0 Å². The quantitative estimate of drug-likeness (QED) is 0.344. The van der Waals surface area contributed by atoms with Gasteiger partial charge < -0.3 is 25.0 Å². The third-order valence-corrected chi connectivity index (χ3v) is 3.75. The van der Waals surface area contributed by atoms with E-state index in [0.29, 0.717) is 6.54 Å². The van der Waals surface area contributed by atoms with Crippen molar-refractivity contribution >= 4 is 29.9 Å². The maximum Gasteiger partial charge on any atom is 0.191 e. The summed E-state index contributed by atoms with van der Waals surface area (Å²) in [6, 6.07) is 5.89. The molecule has 0 radical (unpaired) electrons. The second-order valence-corrected chi connectivity index (χ2v) is 5.07. The van der Waals surface area contributed by atoms with Crippen molar-refractivity contribution in [2.24, 2.45) is 4.99 Å². The first-order valence-electron chi connectivity index (χ1n) is 8.06. The molecule has 0 spiro atoms. The number of hydrogen-bond acceptors (Lipinski definition) is 4. The van der Waals surface area contributed by atoms with Crippen LogP contribution in [0.1, 0.15) is 19.4 Å². The highest BCUT2D eigenvalue weighted by Gasteiger charge is 2.05. The van der Waals surface area contributed by atoms with Crippen molar-refractivity contribution in [3.05, 3.63) is 23.8 Å². The molecule has 0 unspecified atom stereocenters. The largest absolute Gasteiger partial charge is 0.493 e. The zero-order valence-corrected chi connectivity index (χ0v) is 17.7. The normalized spacial score (nSPS) is 11.0. The molecular formula is C17H31IN4O2. The Morgan fingerprint density at radius 1 is 1.08 bits per heavy atom. The van der Waals surface area contributed by atoms with Gasteiger partial charge in [-0.3, -0.25) is 4.99 Å². The molecule has 1 aromatic carbocycles. The van der Waals surface area contributed by atoms with Gasteiger partial charge in [0.15, 0.2) is 17.5 Å². The number of nitrogens with zero attached hydrogens (tertiary/aromatic N) is 2. The van der Waals surface area contributed by atoms with Gasteiger partial charge in [0.1, 0.15) is 0 Å². The standard InChI is InChI=1S/C17H30N4O2.HI/c1-6-21(7-2)11-10-19-17(18-3)20-13-14-8-9-15(22-4)16(12-14)23-5;/h8-9,12H,6-7,10-11,13H2,1-5H3,(H2,18,19,20);1H. The van der Waals surface area contributed by atoms with Crippen molar-refractivity contribution < 1.29 is 9.47 Å². The van der Waals surface area contributed by atoms with Crippen LogP contribution < -0.4 is 20.1 Å². The number of guanidine groups is 1. The molecule has 0 bridgehead atoms.